The lowest BCUT2D eigenvalue weighted by Crippen LogP contribution is -2.21. The van der Waals surface area contributed by atoms with Crippen molar-refractivity contribution in [1.29, 1.82) is 5.26 Å². The zero-order chi connectivity index (χ0) is 12.8. The van der Waals surface area contributed by atoms with Crippen LogP contribution in [0.25, 0.3) is 0 Å². The van der Waals surface area contributed by atoms with Crippen LogP contribution in [0.1, 0.15) is 17.5 Å². The molecule has 0 aliphatic heterocycles. The number of halogens is 1. The van der Waals surface area contributed by atoms with Crippen LogP contribution < -0.4 is 0 Å². The van der Waals surface area contributed by atoms with E-state index in [0.29, 0.717) is 23.7 Å². The molecule has 0 unspecified atom stereocenters. The Morgan fingerprint density at radius 1 is 1.59 bits per heavy atom. The van der Waals surface area contributed by atoms with Crippen LogP contribution in [0.15, 0.2) is 18.2 Å². The number of nitrogens with zero attached hydrogens (tertiary/aromatic N) is 2. The molecule has 0 heterocycles. The van der Waals surface area contributed by atoms with E-state index in [-0.39, 0.29) is 6.42 Å². The molecule has 1 aromatic rings. The average molecular weight is 253 g/mol. The Hall–Kier alpha value is -1.57. The van der Waals surface area contributed by atoms with Gasteiger partial charge in [-0.3, -0.25) is 4.79 Å². The molecule has 1 rings (SSSR count). The topological polar surface area (TPSA) is 64.3 Å². The van der Waals surface area contributed by atoms with Crippen molar-refractivity contribution in [2.24, 2.45) is 0 Å². The zero-order valence-corrected chi connectivity index (χ0v) is 10.2. The van der Waals surface area contributed by atoms with Crippen LogP contribution in [-0.4, -0.2) is 29.6 Å². The monoisotopic (exact) mass is 252 g/mol. The highest BCUT2D eigenvalue weighted by Gasteiger charge is 2.07. The summed E-state index contributed by atoms with van der Waals surface area (Å²) in [6, 6.07) is 7.12. The van der Waals surface area contributed by atoms with E-state index >= 15 is 0 Å². The number of nitriles is 1. The molecule has 0 saturated carbocycles. The number of benzene rings is 1. The van der Waals surface area contributed by atoms with E-state index in [1.807, 2.05) is 18.0 Å². The van der Waals surface area contributed by atoms with E-state index in [1.165, 1.54) is 0 Å². The summed E-state index contributed by atoms with van der Waals surface area (Å²) in [6.45, 7) is 1.03. The second-order valence-corrected chi connectivity index (χ2v) is 4.21. The molecular formula is C12H13ClN2O2. The number of carboxylic acids is 1. The molecule has 0 radical (unpaired) electrons. The third-order valence-electron chi connectivity index (χ3n) is 2.33. The van der Waals surface area contributed by atoms with Gasteiger partial charge in [-0.1, -0.05) is 17.7 Å². The van der Waals surface area contributed by atoms with Crippen molar-refractivity contribution >= 4 is 17.6 Å². The average Bonchev–Trinajstić information content (AvgIpc) is 2.29. The van der Waals surface area contributed by atoms with Gasteiger partial charge in [0, 0.05) is 18.1 Å². The highest BCUT2D eigenvalue weighted by molar-refractivity contribution is 6.31. The van der Waals surface area contributed by atoms with Gasteiger partial charge in [0.25, 0.3) is 0 Å². The van der Waals surface area contributed by atoms with Gasteiger partial charge in [0.05, 0.1) is 18.1 Å². The van der Waals surface area contributed by atoms with Crippen LogP contribution in [0.4, 0.5) is 0 Å². The summed E-state index contributed by atoms with van der Waals surface area (Å²) >= 11 is 6.02. The first-order chi connectivity index (χ1) is 8.02. The third kappa shape index (κ3) is 4.43. The lowest BCUT2D eigenvalue weighted by atomic mass is 10.1. The molecule has 1 N–H and O–H groups in total. The minimum absolute atomic E-state index is 0.102. The van der Waals surface area contributed by atoms with E-state index in [4.69, 9.17) is 22.0 Å². The summed E-state index contributed by atoms with van der Waals surface area (Å²) < 4.78 is 0. The fourth-order valence-electron chi connectivity index (χ4n) is 1.40. The summed E-state index contributed by atoms with van der Waals surface area (Å²) in [5.41, 5.74) is 1.41. The second-order valence-electron chi connectivity index (χ2n) is 3.80. The predicted molar refractivity (Wildman–Crippen MR) is 64.8 cm³/mol. The van der Waals surface area contributed by atoms with E-state index in [0.717, 1.165) is 5.56 Å². The number of carbonyl (C=O) groups is 1. The van der Waals surface area contributed by atoms with Crippen molar-refractivity contribution in [2.45, 2.75) is 13.0 Å². The normalized spacial score (nSPS) is 10.2. The summed E-state index contributed by atoms with van der Waals surface area (Å²) in [5.74, 6) is -0.817. The fraction of sp³-hybridized carbons (Fsp3) is 0.333. The van der Waals surface area contributed by atoms with Crippen molar-refractivity contribution in [2.75, 3.05) is 13.6 Å². The van der Waals surface area contributed by atoms with Gasteiger partial charge in [-0.2, -0.15) is 5.26 Å². The summed E-state index contributed by atoms with van der Waals surface area (Å²) in [7, 11) is 1.83. The Morgan fingerprint density at radius 3 is 2.82 bits per heavy atom. The first kappa shape index (κ1) is 13.5. The molecule has 0 aliphatic rings. The van der Waals surface area contributed by atoms with Crippen LogP contribution in [0.5, 0.6) is 0 Å². The Morgan fingerprint density at radius 2 is 2.29 bits per heavy atom. The number of hydrogen-bond donors (Lipinski definition) is 1. The lowest BCUT2D eigenvalue weighted by Gasteiger charge is -2.16. The standard InChI is InChI=1S/C12H13ClN2O2/c1-15(5-4-12(16)17)8-10-3-2-9(7-14)6-11(10)13/h2-3,6H,4-5,8H2,1H3,(H,16,17). The zero-order valence-electron chi connectivity index (χ0n) is 9.48. The maximum atomic E-state index is 10.4. The first-order valence-corrected chi connectivity index (χ1v) is 5.49. The van der Waals surface area contributed by atoms with E-state index < -0.39 is 5.97 Å². The highest BCUT2D eigenvalue weighted by Crippen LogP contribution is 2.18. The number of hydrogen-bond acceptors (Lipinski definition) is 3. The largest absolute Gasteiger partial charge is 0.481 e. The number of aliphatic carboxylic acids is 1. The van der Waals surface area contributed by atoms with Gasteiger partial charge >= 0.3 is 5.97 Å². The number of rotatable bonds is 5. The van der Waals surface area contributed by atoms with Crippen molar-refractivity contribution in [3.05, 3.63) is 34.3 Å². The fourth-order valence-corrected chi connectivity index (χ4v) is 1.64. The van der Waals surface area contributed by atoms with Crippen LogP contribution >= 0.6 is 11.6 Å². The van der Waals surface area contributed by atoms with Crippen LogP contribution in [-0.2, 0) is 11.3 Å². The van der Waals surface area contributed by atoms with Crippen molar-refractivity contribution in [1.82, 2.24) is 4.90 Å². The highest BCUT2D eigenvalue weighted by atomic mass is 35.5. The van der Waals surface area contributed by atoms with Gasteiger partial charge in [0.1, 0.15) is 0 Å². The number of carboxylic acid groups (broad SMARTS) is 1. The smallest absolute Gasteiger partial charge is 0.304 e. The molecule has 17 heavy (non-hydrogen) atoms. The maximum absolute atomic E-state index is 10.4. The van der Waals surface area contributed by atoms with Gasteiger partial charge in [-0.15, -0.1) is 0 Å². The maximum Gasteiger partial charge on any atom is 0.304 e. The Balaban J connectivity index is 2.62. The molecule has 5 heteroatoms. The van der Waals surface area contributed by atoms with Gasteiger partial charge in [-0.25, -0.2) is 0 Å². The van der Waals surface area contributed by atoms with Gasteiger partial charge < -0.3 is 10.0 Å². The third-order valence-corrected chi connectivity index (χ3v) is 2.68. The molecule has 0 amide bonds. The molecular weight excluding hydrogens is 240 g/mol. The SMILES string of the molecule is CN(CCC(=O)O)Cc1ccc(C#N)cc1Cl. The second kappa shape index (κ2) is 6.24. The molecule has 0 aliphatic carbocycles. The molecule has 0 bridgehead atoms. The minimum Gasteiger partial charge on any atom is -0.481 e. The van der Waals surface area contributed by atoms with E-state index in [1.54, 1.807) is 18.2 Å². The molecule has 0 fully saturated rings. The summed E-state index contributed by atoms with van der Waals surface area (Å²) in [5, 5.41) is 17.8. The van der Waals surface area contributed by atoms with Crippen molar-refractivity contribution in [3.8, 4) is 6.07 Å². The molecule has 0 aromatic heterocycles. The quantitative estimate of drug-likeness (QED) is 0.872. The Bertz CT molecular complexity index is 454. The molecule has 4 nitrogen and oxygen atoms in total. The first-order valence-electron chi connectivity index (χ1n) is 5.12. The van der Waals surface area contributed by atoms with Crippen LogP contribution in [0.2, 0.25) is 5.02 Å². The van der Waals surface area contributed by atoms with Crippen LogP contribution in [0, 0.1) is 11.3 Å². The Labute approximate surface area is 105 Å². The molecule has 0 atom stereocenters. The molecule has 90 valence electrons. The van der Waals surface area contributed by atoms with Crippen LogP contribution in [0.3, 0.4) is 0 Å². The molecule has 1 aromatic carbocycles. The summed E-state index contributed by atoms with van der Waals surface area (Å²) in [4.78, 5) is 12.3. The van der Waals surface area contributed by atoms with E-state index in [9.17, 15) is 4.79 Å². The molecule has 0 saturated heterocycles. The molecule has 0 spiro atoms. The van der Waals surface area contributed by atoms with Crippen molar-refractivity contribution < 1.29 is 9.90 Å². The minimum atomic E-state index is -0.817. The summed E-state index contributed by atoms with van der Waals surface area (Å²) in [6.07, 6.45) is 0.102. The van der Waals surface area contributed by atoms with Gasteiger partial charge in [0.2, 0.25) is 0 Å². The Kier molecular flexibility index (Phi) is 4.95. The van der Waals surface area contributed by atoms with Crippen molar-refractivity contribution in [3.63, 3.8) is 0 Å². The van der Waals surface area contributed by atoms with Gasteiger partial charge in [0.15, 0.2) is 0 Å². The predicted octanol–water partition coefficient (Wildman–Crippen LogP) is 2.12. The van der Waals surface area contributed by atoms with Gasteiger partial charge in [-0.05, 0) is 24.7 Å². The van der Waals surface area contributed by atoms with E-state index in [2.05, 4.69) is 0 Å². The lowest BCUT2D eigenvalue weighted by molar-refractivity contribution is -0.137.